The zero-order valence-corrected chi connectivity index (χ0v) is 12.7. The molecule has 0 saturated heterocycles. The van der Waals surface area contributed by atoms with Gasteiger partial charge in [0.1, 0.15) is 0 Å². The Labute approximate surface area is 125 Å². The monoisotopic (exact) mass is 289 g/mol. The number of nitrogens with zero attached hydrogens (tertiary/aromatic N) is 1. The number of carbonyl (C=O) groups is 2. The van der Waals surface area contributed by atoms with Crippen LogP contribution in [0.1, 0.15) is 40.0 Å². The van der Waals surface area contributed by atoms with E-state index in [9.17, 15) is 9.59 Å². The fraction of sp³-hybridized carbons (Fsp3) is 0.500. The van der Waals surface area contributed by atoms with Gasteiger partial charge in [0.05, 0.1) is 0 Å². The second-order valence-corrected chi connectivity index (χ2v) is 5.74. The first-order valence-corrected chi connectivity index (χ1v) is 7.40. The summed E-state index contributed by atoms with van der Waals surface area (Å²) in [6, 6.07) is 7.14. The van der Waals surface area contributed by atoms with Gasteiger partial charge in [0.2, 0.25) is 0 Å². The molecule has 0 bridgehead atoms. The average molecular weight is 289 g/mol. The predicted molar refractivity (Wildman–Crippen MR) is 82.4 cm³/mol. The molecule has 1 aliphatic carbocycles. The minimum absolute atomic E-state index is 0.0598. The summed E-state index contributed by atoms with van der Waals surface area (Å²) in [6.07, 6.45) is 3.05. The Bertz CT molecular complexity index is 493. The molecular weight excluding hydrogens is 266 g/mol. The highest BCUT2D eigenvalue weighted by molar-refractivity contribution is 5.97. The zero-order valence-electron chi connectivity index (χ0n) is 12.7. The first-order chi connectivity index (χ1) is 10.1. The highest BCUT2D eigenvalue weighted by atomic mass is 16.2. The molecule has 0 aliphatic heterocycles. The van der Waals surface area contributed by atoms with Gasteiger partial charge in [-0.1, -0.05) is 0 Å². The Morgan fingerprint density at radius 2 is 1.67 bits per heavy atom. The summed E-state index contributed by atoms with van der Waals surface area (Å²) in [5.74, 6) is -0.154. The molecule has 0 radical (unpaired) electrons. The summed E-state index contributed by atoms with van der Waals surface area (Å²) in [4.78, 5) is 25.9. The highest BCUT2D eigenvalue weighted by Gasteiger charge is 2.23. The van der Waals surface area contributed by atoms with Crippen LogP contribution in [-0.4, -0.2) is 49.9 Å². The Kier molecular flexibility index (Phi) is 5.33. The third-order valence-electron chi connectivity index (χ3n) is 3.39. The molecule has 5 nitrogen and oxygen atoms in total. The van der Waals surface area contributed by atoms with Crippen molar-refractivity contribution in [1.29, 1.82) is 0 Å². The molecule has 0 spiro atoms. The normalized spacial score (nSPS) is 14.0. The van der Waals surface area contributed by atoms with Crippen molar-refractivity contribution in [3.05, 3.63) is 35.4 Å². The maximum Gasteiger partial charge on any atom is 0.251 e. The van der Waals surface area contributed by atoms with Crippen LogP contribution in [-0.2, 0) is 0 Å². The standard InChI is InChI=1S/C16H23N3O2/c1-19(2)11-3-10-17-15(20)12-4-6-13(7-5-12)16(21)18-14-8-9-14/h4-7,14H,3,8-11H2,1-2H3,(H,17,20)(H,18,21). The second kappa shape index (κ2) is 7.22. The largest absolute Gasteiger partial charge is 0.352 e. The summed E-state index contributed by atoms with van der Waals surface area (Å²) in [6.45, 7) is 1.60. The van der Waals surface area contributed by atoms with Crippen molar-refractivity contribution in [3.63, 3.8) is 0 Å². The lowest BCUT2D eigenvalue weighted by Gasteiger charge is -2.10. The van der Waals surface area contributed by atoms with Crippen LogP contribution in [0.5, 0.6) is 0 Å². The molecule has 21 heavy (non-hydrogen) atoms. The number of carbonyl (C=O) groups excluding carboxylic acids is 2. The van der Waals surface area contributed by atoms with Crippen LogP contribution >= 0.6 is 0 Å². The molecule has 5 heteroatoms. The van der Waals surface area contributed by atoms with Gasteiger partial charge in [0, 0.05) is 23.7 Å². The second-order valence-electron chi connectivity index (χ2n) is 5.74. The summed E-state index contributed by atoms with van der Waals surface area (Å²) >= 11 is 0. The fourth-order valence-corrected chi connectivity index (χ4v) is 1.97. The smallest absolute Gasteiger partial charge is 0.251 e. The lowest BCUT2D eigenvalue weighted by atomic mass is 10.1. The number of rotatable bonds is 7. The molecule has 0 atom stereocenters. The predicted octanol–water partition coefficient (Wildman–Crippen LogP) is 1.26. The highest BCUT2D eigenvalue weighted by Crippen LogP contribution is 2.19. The number of hydrogen-bond acceptors (Lipinski definition) is 3. The molecule has 2 N–H and O–H groups in total. The maximum atomic E-state index is 11.9. The first-order valence-electron chi connectivity index (χ1n) is 7.40. The lowest BCUT2D eigenvalue weighted by molar-refractivity contribution is 0.0939. The average Bonchev–Trinajstić information content (AvgIpc) is 3.27. The van der Waals surface area contributed by atoms with Crippen molar-refractivity contribution >= 4 is 11.8 Å². The van der Waals surface area contributed by atoms with Crippen LogP contribution in [0.15, 0.2) is 24.3 Å². The van der Waals surface area contributed by atoms with E-state index in [1.54, 1.807) is 24.3 Å². The minimum Gasteiger partial charge on any atom is -0.352 e. The van der Waals surface area contributed by atoms with Gasteiger partial charge in [-0.3, -0.25) is 9.59 Å². The Balaban J connectivity index is 1.80. The van der Waals surface area contributed by atoms with Crippen LogP contribution in [0.25, 0.3) is 0 Å². The van der Waals surface area contributed by atoms with Gasteiger partial charge < -0.3 is 15.5 Å². The summed E-state index contributed by atoms with van der Waals surface area (Å²) in [5, 5.41) is 5.81. The van der Waals surface area contributed by atoms with E-state index in [1.165, 1.54) is 0 Å². The molecule has 0 aromatic heterocycles. The molecule has 1 aliphatic rings. The van der Waals surface area contributed by atoms with E-state index in [-0.39, 0.29) is 11.8 Å². The first kappa shape index (κ1) is 15.5. The van der Waals surface area contributed by atoms with Gasteiger partial charge >= 0.3 is 0 Å². The van der Waals surface area contributed by atoms with Crippen molar-refractivity contribution in [2.24, 2.45) is 0 Å². The summed E-state index contributed by atoms with van der Waals surface area (Å²) in [7, 11) is 4.01. The molecule has 1 saturated carbocycles. The molecular formula is C16H23N3O2. The third kappa shape index (κ3) is 5.19. The SMILES string of the molecule is CN(C)CCCNC(=O)c1ccc(C(=O)NC2CC2)cc1. The van der Waals surface area contributed by atoms with Gasteiger partial charge in [-0.25, -0.2) is 0 Å². The molecule has 2 rings (SSSR count). The van der Waals surface area contributed by atoms with E-state index in [0.717, 1.165) is 25.8 Å². The lowest BCUT2D eigenvalue weighted by Crippen LogP contribution is -2.27. The maximum absolute atomic E-state index is 11.9. The van der Waals surface area contributed by atoms with Gasteiger partial charge in [-0.05, 0) is 64.2 Å². The summed E-state index contributed by atoms with van der Waals surface area (Å²) in [5.41, 5.74) is 1.19. The van der Waals surface area contributed by atoms with E-state index in [4.69, 9.17) is 0 Å². The topological polar surface area (TPSA) is 61.4 Å². The van der Waals surface area contributed by atoms with Crippen LogP contribution in [0.2, 0.25) is 0 Å². The quantitative estimate of drug-likeness (QED) is 0.743. The number of nitrogens with one attached hydrogen (secondary N) is 2. The van der Waals surface area contributed by atoms with Crippen LogP contribution in [0, 0.1) is 0 Å². The van der Waals surface area contributed by atoms with Gasteiger partial charge in [-0.2, -0.15) is 0 Å². The zero-order chi connectivity index (χ0) is 15.2. The van der Waals surface area contributed by atoms with Crippen molar-refractivity contribution in [3.8, 4) is 0 Å². The molecule has 0 heterocycles. The third-order valence-corrected chi connectivity index (χ3v) is 3.39. The molecule has 1 fully saturated rings. The van der Waals surface area contributed by atoms with E-state index >= 15 is 0 Å². The molecule has 0 unspecified atom stereocenters. The molecule has 2 amide bonds. The van der Waals surface area contributed by atoms with Crippen molar-refractivity contribution in [2.75, 3.05) is 27.2 Å². The van der Waals surface area contributed by atoms with Crippen LogP contribution in [0.3, 0.4) is 0 Å². The van der Waals surface area contributed by atoms with Crippen molar-refractivity contribution < 1.29 is 9.59 Å². The van der Waals surface area contributed by atoms with Gasteiger partial charge in [-0.15, -0.1) is 0 Å². The van der Waals surface area contributed by atoms with E-state index in [0.29, 0.717) is 23.7 Å². The number of benzene rings is 1. The van der Waals surface area contributed by atoms with Crippen LogP contribution in [0.4, 0.5) is 0 Å². The van der Waals surface area contributed by atoms with Crippen molar-refractivity contribution in [1.82, 2.24) is 15.5 Å². The minimum atomic E-state index is -0.0945. The number of hydrogen-bond donors (Lipinski definition) is 2. The van der Waals surface area contributed by atoms with Crippen LogP contribution < -0.4 is 10.6 Å². The van der Waals surface area contributed by atoms with Gasteiger partial charge in [0.15, 0.2) is 0 Å². The Morgan fingerprint density at radius 1 is 1.10 bits per heavy atom. The fourth-order valence-electron chi connectivity index (χ4n) is 1.97. The molecule has 1 aromatic carbocycles. The molecule has 114 valence electrons. The Morgan fingerprint density at radius 3 is 2.19 bits per heavy atom. The van der Waals surface area contributed by atoms with Crippen molar-refractivity contribution in [2.45, 2.75) is 25.3 Å². The Hall–Kier alpha value is -1.88. The van der Waals surface area contributed by atoms with Gasteiger partial charge in [0.25, 0.3) is 11.8 Å². The summed E-state index contributed by atoms with van der Waals surface area (Å²) < 4.78 is 0. The van der Waals surface area contributed by atoms with E-state index < -0.39 is 0 Å². The number of amides is 2. The van der Waals surface area contributed by atoms with E-state index in [1.807, 2.05) is 14.1 Å². The molecule has 1 aromatic rings. The van der Waals surface area contributed by atoms with E-state index in [2.05, 4.69) is 15.5 Å².